The summed E-state index contributed by atoms with van der Waals surface area (Å²) in [7, 11) is 0. The smallest absolute Gasteiger partial charge is 0.143 e. The highest BCUT2D eigenvalue weighted by Crippen LogP contribution is 2.13. The number of hydrogen-bond acceptors (Lipinski definition) is 5. The molecule has 16 heavy (non-hydrogen) atoms. The molecule has 0 saturated carbocycles. The van der Waals surface area contributed by atoms with Crippen LogP contribution in [0.25, 0.3) is 5.69 Å². The molecule has 1 fully saturated rings. The monoisotopic (exact) mass is 216 g/mol. The molecule has 0 amide bonds. The van der Waals surface area contributed by atoms with Crippen LogP contribution < -0.4 is 10.6 Å². The highest BCUT2D eigenvalue weighted by molar-refractivity contribution is 5.49. The molecule has 0 atom stereocenters. The maximum atomic E-state index is 3.83. The van der Waals surface area contributed by atoms with Gasteiger partial charge in [-0.1, -0.05) is 0 Å². The summed E-state index contributed by atoms with van der Waals surface area (Å²) in [6, 6.07) is 8.61. The van der Waals surface area contributed by atoms with Gasteiger partial charge >= 0.3 is 0 Å². The number of anilines is 1. The standard InChI is InChI=1S/C10H12N6/c1-3-10(16-7-12-14-15-16)4-2-8(1)13-9-5-11-6-9/h1-4,7,9,11,13H,5-6H2. The quantitative estimate of drug-likeness (QED) is 0.758. The molecule has 0 spiro atoms. The van der Waals surface area contributed by atoms with Gasteiger partial charge in [0, 0.05) is 18.8 Å². The highest BCUT2D eigenvalue weighted by Gasteiger charge is 2.15. The Kier molecular flexibility index (Phi) is 2.26. The zero-order valence-electron chi connectivity index (χ0n) is 8.67. The first-order valence-electron chi connectivity index (χ1n) is 5.22. The van der Waals surface area contributed by atoms with Crippen LogP contribution >= 0.6 is 0 Å². The molecular formula is C10H12N6. The van der Waals surface area contributed by atoms with E-state index in [9.17, 15) is 0 Å². The summed E-state index contributed by atoms with van der Waals surface area (Å²) in [4.78, 5) is 0. The lowest BCUT2D eigenvalue weighted by atomic mass is 10.1. The van der Waals surface area contributed by atoms with Crippen LogP contribution in [0.4, 0.5) is 5.69 Å². The lowest BCUT2D eigenvalue weighted by Gasteiger charge is -2.28. The van der Waals surface area contributed by atoms with Crippen LogP contribution in [0, 0.1) is 0 Å². The Bertz CT molecular complexity index is 445. The zero-order valence-corrected chi connectivity index (χ0v) is 8.67. The maximum absolute atomic E-state index is 3.83. The van der Waals surface area contributed by atoms with Gasteiger partial charge in [0.15, 0.2) is 0 Å². The number of nitrogens with one attached hydrogen (secondary N) is 2. The molecule has 82 valence electrons. The van der Waals surface area contributed by atoms with Crippen molar-refractivity contribution in [3.8, 4) is 5.69 Å². The average molecular weight is 216 g/mol. The molecule has 0 bridgehead atoms. The Balaban J connectivity index is 1.74. The number of rotatable bonds is 3. The van der Waals surface area contributed by atoms with Crippen molar-refractivity contribution in [3.05, 3.63) is 30.6 Å². The lowest BCUT2D eigenvalue weighted by molar-refractivity contribution is 0.472. The second kappa shape index (κ2) is 3.90. The van der Waals surface area contributed by atoms with Gasteiger partial charge in [-0.05, 0) is 34.7 Å². The van der Waals surface area contributed by atoms with Gasteiger partial charge in [-0.3, -0.25) is 0 Å². The molecule has 1 aromatic carbocycles. The third kappa shape index (κ3) is 1.74. The topological polar surface area (TPSA) is 67.7 Å². The van der Waals surface area contributed by atoms with Crippen LogP contribution in [-0.4, -0.2) is 39.3 Å². The third-order valence-corrected chi connectivity index (χ3v) is 2.63. The molecule has 2 N–H and O–H groups in total. The van der Waals surface area contributed by atoms with E-state index in [2.05, 4.69) is 26.2 Å². The van der Waals surface area contributed by atoms with Gasteiger partial charge in [0.05, 0.1) is 11.7 Å². The molecule has 0 aliphatic carbocycles. The minimum Gasteiger partial charge on any atom is -0.380 e. The third-order valence-electron chi connectivity index (χ3n) is 2.63. The number of aromatic nitrogens is 4. The van der Waals surface area contributed by atoms with Crippen molar-refractivity contribution in [3.63, 3.8) is 0 Å². The SMILES string of the molecule is c1cc(-n2cnnn2)ccc1NC1CNC1. The van der Waals surface area contributed by atoms with E-state index < -0.39 is 0 Å². The average Bonchev–Trinajstić information content (AvgIpc) is 2.78. The van der Waals surface area contributed by atoms with E-state index in [1.807, 2.05) is 24.3 Å². The van der Waals surface area contributed by atoms with E-state index in [4.69, 9.17) is 0 Å². The molecule has 1 aliphatic heterocycles. The van der Waals surface area contributed by atoms with Gasteiger partial charge in [0.2, 0.25) is 0 Å². The molecule has 2 heterocycles. The molecule has 1 aromatic heterocycles. The summed E-state index contributed by atoms with van der Waals surface area (Å²) in [5, 5.41) is 17.7. The van der Waals surface area contributed by atoms with Crippen LogP contribution in [0.2, 0.25) is 0 Å². The lowest BCUT2D eigenvalue weighted by Crippen LogP contribution is -2.51. The Morgan fingerprint density at radius 1 is 1.25 bits per heavy atom. The first kappa shape index (κ1) is 9.29. The van der Waals surface area contributed by atoms with E-state index >= 15 is 0 Å². The van der Waals surface area contributed by atoms with Gasteiger partial charge < -0.3 is 10.6 Å². The molecule has 3 rings (SSSR count). The Hall–Kier alpha value is -1.95. The van der Waals surface area contributed by atoms with Crippen LogP contribution in [0.3, 0.4) is 0 Å². The molecule has 0 unspecified atom stereocenters. The predicted octanol–water partition coefficient (Wildman–Crippen LogP) is 0.0460. The second-order valence-electron chi connectivity index (χ2n) is 3.80. The van der Waals surface area contributed by atoms with E-state index in [-0.39, 0.29) is 0 Å². The number of benzene rings is 1. The fourth-order valence-corrected chi connectivity index (χ4v) is 1.62. The van der Waals surface area contributed by atoms with Crippen LogP contribution in [-0.2, 0) is 0 Å². The molecule has 6 heteroatoms. The number of tetrazole rings is 1. The summed E-state index contributed by atoms with van der Waals surface area (Å²) < 4.78 is 1.63. The van der Waals surface area contributed by atoms with Crippen molar-refractivity contribution in [1.29, 1.82) is 0 Å². The predicted molar refractivity (Wildman–Crippen MR) is 59.4 cm³/mol. The second-order valence-corrected chi connectivity index (χ2v) is 3.80. The fraction of sp³-hybridized carbons (Fsp3) is 0.300. The zero-order chi connectivity index (χ0) is 10.8. The minimum atomic E-state index is 0.555. The van der Waals surface area contributed by atoms with Crippen molar-refractivity contribution in [2.45, 2.75) is 6.04 Å². The fourth-order valence-electron chi connectivity index (χ4n) is 1.62. The van der Waals surface area contributed by atoms with Crippen LogP contribution in [0.15, 0.2) is 30.6 Å². The Labute approximate surface area is 92.7 Å². The van der Waals surface area contributed by atoms with Gasteiger partial charge in [-0.2, -0.15) is 0 Å². The first-order chi connectivity index (χ1) is 7.92. The number of hydrogen-bond donors (Lipinski definition) is 2. The molecule has 1 aliphatic rings. The van der Waals surface area contributed by atoms with Gasteiger partial charge in [0.1, 0.15) is 6.33 Å². The Morgan fingerprint density at radius 2 is 2.06 bits per heavy atom. The molecule has 1 saturated heterocycles. The van der Waals surface area contributed by atoms with E-state index in [1.54, 1.807) is 11.0 Å². The summed E-state index contributed by atoms with van der Waals surface area (Å²) >= 11 is 0. The van der Waals surface area contributed by atoms with Crippen molar-refractivity contribution in [1.82, 2.24) is 25.5 Å². The van der Waals surface area contributed by atoms with Crippen molar-refractivity contribution >= 4 is 5.69 Å². The van der Waals surface area contributed by atoms with Crippen LogP contribution in [0.1, 0.15) is 0 Å². The molecule has 0 radical (unpaired) electrons. The van der Waals surface area contributed by atoms with Crippen LogP contribution in [0.5, 0.6) is 0 Å². The van der Waals surface area contributed by atoms with Gasteiger partial charge in [0.25, 0.3) is 0 Å². The maximum Gasteiger partial charge on any atom is 0.143 e. The normalized spacial score (nSPS) is 15.8. The molecule has 2 aromatic rings. The van der Waals surface area contributed by atoms with E-state index in [0.29, 0.717) is 6.04 Å². The summed E-state index contributed by atoms with van der Waals surface area (Å²) in [6.45, 7) is 2.07. The minimum absolute atomic E-state index is 0.555. The summed E-state index contributed by atoms with van der Waals surface area (Å²) in [5.41, 5.74) is 2.09. The largest absolute Gasteiger partial charge is 0.380 e. The van der Waals surface area contributed by atoms with Crippen molar-refractivity contribution in [2.24, 2.45) is 0 Å². The molecule has 6 nitrogen and oxygen atoms in total. The van der Waals surface area contributed by atoms with E-state index in [0.717, 1.165) is 24.5 Å². The molecular weight excluding hydrogens is 204 g/mol. The number of nitrogens with zero attached hydrogens (tertiary/aromatic N) is 4. The van der Waals surface area contributed by atoms with Crippen molar-refractivity contribution in [2.75, 3.05) is 18.4 Å². The summed E-state index contributed by atoms with van der Waals surface area (Å²) in [5.74, 6) is 0. The van der Waals surface area contributed by atoms with Gasteiger partial charge in [-0.15, -0.1) is 5.10 Å². The van der Waals surface area contributed by atoms with E-state index in [1.165, 1.54) is 0 Å². The first-order valence-corrected chi connectivity index (χ1v) is 5.22. The Morgan fingerprint density at radius 3 is 2.62 bits per heavy atom. The summed E-state index contributed by atoms with van der Waals surface area (Å²) in [6.07, 6.45) is 1.58. The van der Waals surface area contributed by atoms with Crippen molar-refractivity contribution < 1.29 is 0 Å². The van der Waals surface area contributed by atoms with Gasteiger partial charge in [-0.25, -0.2) is 4.68 Å². The highest BCUT2D eigenvalue weighted by atomic mass is 15.5.